The molecule has 1 aromatic heterocycles. The zero-order valence-electron chi connectivity index (χ0n) is 15.0. The fourth-order valence-electron chi connectivity index (χ4n) is 2.74. The monoisotopic (exact) mass is 340 g/mol. The highest BCUT2D eigenvalue weighted by Gasteiger charge is 2.18. The van der Waals surface area contributed by atoms with Crippen molar-refractivity contribution >= 4 is 11.9 Å². The third kappa shape index (κ3) is 4.66. The average molecular weight is 340 g/mol. The van der Waals surface area contributed by atoms with E-state index in [1.807, 2.05) is 36.9 Å². The van der Waals surface area contributed by atoms with Crippen LogP contribution in [0.1, 0.15) is 47.4 Å². The van der Waals surface area contributed by atoms with E-state index in [0.29, 0.717) is 24.2 Å². The van der Waals surface area contributed by atoms with Crippen molar-refractivity contribution in [3.8, 4) is 11.1 Å². The maximum absolute atomic E-state index is 12.9. The molecule has 2 aromatic rings. The number of amides is 1. The van der Waals surface area contributed by atoms with Gasteiger partial charge in [0.25, 0.3) is 5.91 Å². The van der Waals surface area contributed by atoms with E-state index >= 15 is 0 Å². The summed E-state index contributed by atoms with van der Waals surface area (Å²) >= 11 is 0. The van der Waals surface area contributed by atoms with Crippen LogP contribution >= 0.6 is 0 Å². The van der Waals surface area contributed by atoms with Crippen molar-refractivity contribution < 1.29 is 14.3 Å². The zero-order chi connectivity index (χ0) is 18.2. The van der Waals surface area contributed by atoms with Crippen LogP contribution in [0.15, 0.2) is 42.7 Å². The third-order valence-electron chi connectivity index (χ3n) is 3.89. The van der Waals surface area contributed by atoms with Crippen LogP contribution in [0, 0.1) is 0 Å². The van der Waals surface area contributed by atoms with Gasteiger partial charge in [-0.15, -0.1) is 0 Å². The smallest absolute Gasteiger partial charge is 0.337 e. The van der Waals surface area contributed by atoms with Crippen molar-refractivity contribution in [1.29, 1.82) is 0 Å². The molecule has 1 heterocycles. The summed E-state index contributed by atoms with van der Waals surface area (Å²) < 4.78 is 4.84. The van der Waals surface area contributed by atoms with Gasteiger partial charge >= 0.3 is 5.97 Å². The lowest BCUT2D eigenvalue weighted by Crippen LogP contribution is -2.32. The molecule has 0 radical (unpaired) electrons. The number of ether oxygens (including phenoxy) is 1. The Hall–Kier alpha value is -2.69. The fraction of sp³-hybridized carbons (Fsp3) is 0.350. The van der Waals surface area contributed by atoms with Gasteiger partial charge in [0, 0.05) is 31.0 Å². The molecule has 1 aromatic carbocycles. The molecule has 2 rings (SSSR count). The maximum atomic E-state index is 12.9. The molecule has 132 valence electrons. The minimum atomic E-state index is -0.456. The van der Waals surface area contributed by atoms with Gasteiger partial charge < -0.3 is 9.64 Å². The van der Waals surface area contributed by atoms with Crippen LogP contribution < -0.4 is 0 Å². The fourth-order valence-corrected chi connectivity index (χ4v) is 2.74. The minimum Gasteiger partial charge on any atom is -0.465 e. The predicted molar refractivity (Wildman–Crippen MR) is 97.5 cm³/mol. The number of hydrogen-bond donors (Lipinski definition) is 0. The van der Waals surface area contributed by atoms with Gasteiger partial charge in [-0.1, -0.05) is 13.8 Å². The highest BCUT2D eigenvalue weighted by atomic mass is 16.5. The number of benzene rings is 1. The van der Waals surface area contributed by atoms with Crippen molar-refractivity contribution in [3.63, 3.8) is 0 Å². The molecule has 5 nitrogen and oxygen atoms in total. The van der Waals surface area contributed by atoms with E-state index in [0.717, 1.165) is 24.0 Å². The van der Waals surface area contributed by atoms with Gasteiger partial charge in [-0.3, -0.25) is 9.78 Å². The topological polar surface area (TPSA) is 59.5 Å². The number of hydrogen-bond acceptors (Lipinski definition) is 4. The highest BCUT2D eigenvalue weighted by Crippen LogP contribution is 2.23. The number of carbonyl (C=O) groups excluding carboxylic acids is 2. The summed E-state index contributed by atoms with van der Waals surface area (Å²) in [6.07, 6.45) is 5.14. The molecule has 5 heteroatoms. The first-order chi connectivity index (χ1) is 12.1. The van der Waals surface area contributed by atoms with Gasteiger partial charge in [0.05, 0.1) is 12.7 Å². The average Bonchev–Trinajstić information content (AvgIpc) is 2.67. The first-order valence-corrected chi connectivity index (χ1v) is 8.53. The first kappa shape index (κ1) is 18.6. The second kappa shape index (κ2) is 8.97. The molecule has 0 fully saturated rings. The number of nitrogens with zero attached hydrogens (tertiary/aromatic N) is 2. The molecule has 0 atom stereocenters. The number of pyridine rings is 1. The summed E-state index contributed by atoms with van der Waals surface area (Å²) in [5.74, 6) is -0.521. The summed E-state index contributed by atoms with van der Waals surface area (Å²) in [6, 6.07) is 8.86. The van der Waals surface area contributed by atoms with E-state index in [1.165, 1.54) is 7.11 Å². The number of rotatable bonds is 7. The Balaban J connectivity index is 2.49. The van der Waals surface area contributed by atoms with E-state index in [1.54, 1.807) is 24.5 Å². The molecular weight excluding hydrogens is 316 g/mol. The van der Waals surface area contributed by atoms with Gasteiger partial charge in [-0.05, 0) is 54.3 Å². The molecule has 0 bridgehead atoms. The van der Waals surface area contributed by atoms with Crippen LogP contribution in [0.3, 0.4) is 0 Å². The minimum absolute atomic E-state index is 0.0650. The Kier molecular flexibility index (Phi) is 6.69. The SMILES string of the molecule is CCCN(CCC)C(=O)c1cc(C(=O)OC)cc(-c2ccncc2)c1. The van der Waals surface area contributed by atoms with Crippen LogP contribution in [0.5, 0.6) is 0 Å². The van der Waals surface area contributed by atoms with Crippen molar-refractivity contribution in [1.82, 2.24) is 9.88 Å². The standard InChI is InChI=1S/C20H24N2O3/c1-4-10-22(11-5-2)19(23)17-12-16(15-6-8-21-9-7-15)13-18(14-17)20(24)25-3/h6-9,12-14H,4-5,10-11H2,1-3H3. The van der Waals surface area contributed by atoms with Gasteiger partial charge in [-0.2, -0.15) is 0 Å². The lowest BCUT2D eigenvalue weighted by atomic mass is 9.99. The molecule has 0 saturated carbocycles. The second-order valence-corrected chi connectivity index (χ2v) is 5.82. The van der Waals surface area contributed by atoms with E-state index < -0.39 is 5.97 Å². The van der Waals surface area contributed by atoms with Crippen LogP contribution in [0.25, 0.3) is 11.1 Å². The number of esters is 1. The van der Waals surface area contributed by atoms with Crippen LogP contribution in [0.2, 0.25) is 0 Å². The largest absolute Gasteiger partial charge is 0.465 e. The number of aromatic nitrogens is 1. The van der Waals surface area contributed by atoms with Crippen molar-refractivity contribution in [2.45, 2.75) is 26.7 Å². The number of carbonyl (C=O) groups is 2. The predicted octanol–water partition coefficient (Wildman–Crippen LogP) is 3.80. The molecule has 0 aliphatic heterocycles. The Labute approximate surface area is 148 Å². The number of methoxy groups -OCH3 is 1. The molecular formula is C20H24N2O3. The van der Waals surface area contributed by atoms with Crippen molar-refractivity contribution in [2.24, 2.45) is 0 Å². The van der Waals surface area contributed by atoms with Gasteiger partial charge in [-0.25, -0.2) is 4.79 Å². The molecule has 0 aliphatic carbocycles. The van der Waals surface area contributed by atoms with E-state index in [2.05, 4.69) is 4.98 Å². The van der Waals surface area contributed by atoms with Crippen molar-refractivity contribution in [2.75, 3.05) is 20.2 Å². The van der Waals surface area contributed by atoms with Crippen molar-refractivity contribution in [3.05, 3.63) is 53.9 Å². The Morgan fingerprint density at radius 1 is 0.960 bits per heavy atom. The first-order valence-electron chi connectivity index (χ1n) is 8.53. The summed E-state index contributed by atoms with van der Waals surface area (Å²) in [5.41, 5.74) is 2.55. The van der Waals surface area contributed by atoms with Crippen LogP contribution in [-0.4, -0.2) is 42.0 Å². The third-order valence-corrected chi connectivity index (χ3v) is 3.89. The van der Waals surface area contributed by atoms with Gasteiger partial charge in [0.2, 0.25) is 0 Å². The maximum Gasteiger partial charge on any atom is 0.337 e. The molecule has 25 heavy (non-hydrogen) atoms. The summed E-state index contributed by atoms with van der Waals surface area (Å²) in [7, 11) is 1.34. The molecule has 0 spiro atoms. The second-order valence-electron chi connectivity index (χ2n) is 5.82. The lowest BCUT2D eigenvalue weighted by molar-refractivity contribution is 0.0600. The quantitative estimate of drug-likeness (QED) is 0.719. The molecule has 0 saturated heterocycles. The van der Waals surface area contributed by atoms with E-state index in [9.17, 15) is 9.59 Å². The molecule has 0 unspecified atom stereocenters. The Morgan fingerprint density at radius 2 is 1.56 bits per heavy atom. The molecule has 0 N–H and O–H groups in total. The normalized spacial score (nSPS) is 10.4. The van der Waals surface area contributed by atoms with Gasteiger partial charge in [0.1, 0.15) is 0 Å². The summed E-state index contributed by atoms with van der Waals surface area (Å²) in [6.45, 7) is 5.48. The molecule has 0 aliphatic rings. The highest BCUT2D eigenvalue weighted by molar-refractivity contribution is 5.99. The molecule has 1 amide bonds. The zero-order valence-corrected chi connectivity index (χ0v) is 15.0. The van der Waals surface area contributed by atoms with E-state index in [4.69, 9.17) is 4.74 Å². The van der Waals surface area contributed by atoms with Gasteiger partial charge in [0.15, 0.2) is 0 Å². The van der Waals surface area contributed by atoms with Crippen LogP contribution in [-0.2, 0) is 4.74 Å². The summed E-state index contributed by atoms with van der Waals surface area (Å²) in [5, 5.41) is 0. The van der Waals surface area contributed by atoms with E-state index in [-0.39, 0.29) is 5.91 Å². The summed E-state index contributed by atoms with van der Waals surface area (Å²) in [4.78, 5) is 30.8. The Bertz CT molecular complexity index is 723. The lowest BCUT2D eigenvalue weighted by Gasteiger charge is -2.22. The Morgan fingerprint density at radius 3 is 2.12 bits per heavy atom. The van der Waals surface area contributed by atoms with Crippen LogP contribution in [0.4, 0.5) is 0 Å².